The number of benzene rings is 1. The number of carbonyl (C=O) groups excluding carboxylic acids is 2. The third-order valence-electron chi connectivity index (χ3n) is 5.58. The second-order valence-corrected chi connectivity index (χ2v) is 8.57. The van der Waals surface area contributed by atoms with Crippen LogP contribution in [-0.4, -0.2) is 55.2 Å². The van der Waals surface area contributed by atoms with Crippen LogP contribution in [0.4, 0.5) is 0 Å². The molecule has 1 amide bonds. The van der Waals surface area contributed by atoms with Crippen LogP contribution < -0.4 is 9.47 Å². The number of nitrogens with zero attached hydrogens (tertiary/aromatic N) is 1. The van der Waals surface area contributed by atoms with E-state index >= 15 is 0 Å². The summed E-state index contributed by atoms with van der Waals surface area (Å²) >= 11 is 0. The number of Topliss-reactive ketones (excluding diaryl/α,β-unsaturated/α-hetero) is 1. The number of amides is 1. The summed E-state index contributed by atoms with van der Waals surface area (Å²) in [6.45, 7) is 9.23. The number of ether oxygens (including phenoxy) is 3. The standard InChI is InChI=1S/C26H33NO7/c1-6-32-21-15-18(8-10-19(21)33-13-11-16(2)3)23-22(24(28)20-9-7-17(4)34-20)25(29)26(30)27(23)12-14-31-5/h7-10,15-16,23,29H,6,11-14H2,1-5H3. The average molecular weight is 472 g/mol. The Labute approximate surface area is 200 Å². The van der Waals surface area contributed by atoms with Crippen LogP contribution in [0, 0.1) is 12.8 Å². The van der Waals surface area contributed by atoms with E-state index in [0.717, 1.165) is 6.42 Å². The molecule has 0 radical (unpaired) electrons. The van der Waals surface area contributed by atoms with Crippen LogP contribution in [0.5, 0.6) is 11.5 Å². The van der Waals surface area contributed by atoms with Gasteiger partial charge in [0.25, 0.3) is 5.91 Å². The van der Waals surface area contributed by atoms with Crippen molar-refractivity contribution in [3.63, 3.8) is 0 Å². The molecule has 1 unspecified atom stereocenters. The van der Waals surface area contributed by atoms with Crippen molar-refractivity contribution in [2.24, 2.45) is 5.92 Å². The maximum absolute atomic E-state index is 13.3. The summed E-state index contributed by atoms with van der Waals surface area (Å²) in [5.41, 5.74) is 0.575. The van der Waals surface area contributed by atoms with Crippen molar-refractivity contribution in [2.75, 3.05) is 33.5 Å². The molecule has 1 atom stereocenters. The lowest BCUT2D eigenvalue weighted by atomic mass is 9.94. The first-order valence-corrected chi connectivity index (χ1v) is 11.5. The van der Waals surface area contributed by atoms with Crippen molar-refractivity contribution in [3.05, 3.63) is 58.7 Å². The Morgan fingerprint density at radius 3 is 2.53 bits per heavy atom. The molecule has 0 bridgehead atoms. The van der Waals surface area contributed by atoms with E-state index < -0.39 is 23.5 Å². The van der Waals surface area contributed by atoms with Crippen LogP contribution in [0.2, 0.25) is 0 Å². The predicted molar refractivity (Wildman–Crippen MR) is 126 cm³/mol. The van der Waals surface area contributed by atoms with Crippen LogP contribution >= 0.6 is 0 Å². The molecule has 1 aliphatic rings. The van der Waals surface area contributed by atoms with Gasteiger partial charge in [0.1, 0.15) is 5.76 Å². The van der Waals surface area contributed by atoms with E-state index in [9.17, 15) is 14.7 Å². The third-order valence-corrected chi connectivity index (χ3v) is 5.58. The largest absolute Gasteiger partial charge is 0.503 e. The van der Waals surface area contributed by atoms with E-state index in [1.807, 2.05) is 6.92 Å². The minimum atomic E-state index is -0.829. The molecule has 2 aromatic rings. The van der Waals surface area contributed by atoms with Gasteiger partial charge >= 0.3 is 0 Å². The maximum atomic E-state index is 13.3. The Hall–Kier alpha value is -3.26. The number of furan rings is 1. The lowest BCUT2D eigenvalue weighted by Gasteiger charge is -2.27. The number of hydrogen-bond donors (Lipinski definition) is 1. The second-order valence-electron chi connectivity index (χ2n) is 8.57. The van der Waals surface area contributed by atoms with Gasteiger partial charge in [0.05, 0.1) is 31.4 Å². The normalized spacial score (nSPS) is 16.0. The van der Waals surface area contributed by atoms with Gasteiger partial charge in [-0.2, -0.15) is 0 Å². The van der Waals surface area contributed by atoms with Crippen LogP contribution in [0.1, 0.15) is 55.1 Å². The van der Waals surface area contributed by atoms with E-state index in [0.29, 0.717) is 42.0 Å². The molecule has 184 valence electrons. The first-order chi connectivity index (χ1) is 16.3. The number of hydrogen-bond acceptors (Lipinski definition) is 7. The first-order valence-electron chi connectivity index (χ1n) is 11.5. The molecule has 0 spiro atoms. The smallest absolute Gasteiger partial charge is 0.290 e. The summed E-state index contributed by atoms with van der Waals surface area (Å²) < 4.78 is 22.4. The van der Waals surface area contributed by atoms with Crippen LogP contribution in [0.3, 0.4) is 0 Å². The summed E-state index contributed by atoms with van der Waals surface area (Å²) in [4.78, 5) is 27.7. The molecule has 1 aromatic carbocycles. The van der Waals surface area contributed by atoms with Gasteiger partial charge in [-0.05, 0) is 56.0 Å². The molecule has 0 fully saturated rings. The highest BCUT2D eigenvalue weighted by Gasteiger charge is 2.44. The summed E-state index contributed by atoms with van der Waals surface area (Å²) in [5.74, 6) is 0.446. The molecular formula is C26H33NO7. The van der Waals surface area contributed by atoms with Gasteiger partial charge < -0.3 is 28.6 Å². The van der Waals surface area contributed by atoms with Gasteiger partial charge in [0, 0.05) is 13.7 Å². The molecular weight excluding hydrogens is 438 g/mol. The van der Waals surface area contributed by atoms with Crippen LogP contribution in [-0.2, 0) is 9.53 Å². The van der Waals surface area contributed by atoms with Gasteiger partial charge in [-0.25, -0.2) is 0 Å². The molecule has 8 nitrogen and oxygen atoms in total. The zero-order valence-corrected chi connectivity index (χ0v) is 20.4. The number of carbonyl (C=O) groups is 2. The van der Waals surface area contributed by atoms with Gasteiger partial charge in [-0.3, -0.25) is 9.59 Å². The zero-order chi connectivity index (χ0) is 24.8. The summed E-state index contributed by atoms with van der Waals surface area (Å²) in [6, 6.07) is 7.68. The lowest BCUT2D eigenvalue weighted by Crippen LogP contribution is -2.34. The highest BCUT2D eigenvalue weighted by atomic mass is 16.5. The van der Waals surface area contributed by atoms with Crippen molar-refractivity contribution in [1.29, 1.82) is 0 Å². The Morgan fingerprint density at radius 1 is 1.15 bits per heavy atom. The van der Waals surface area contributed by atoms with E-state index in [1.54, 1.807) is 31.2 Å². The number of aliphatic hydroxyl groups excluding tert-OH is 1. The van der Waals surface area contributed by atoms with Crippen molar-refractivity contribution in [1.82, 2.24) is 4.90 Å². The molecule has 0 aliphatic carbocycles. The molecule has 1 N–H and O–H groups in total. The lowest BCUT2D eigenvalue weighted by molar-refractivity contribution is -0.130. The number of aliphatic hydroxyl groups is 1. The number of rotatable bonds is 12. The Kier molecular flexibility index (Phi) is 8.39. The van der Waals surface area contributed by atoms with E-state index in [1.165, 1.54) is 18.1 Å². The Morgan fingerprint density at radius 2 is 1.91 bits per heavy atom. The predicted octanol–water partition coefficient (Wildman–Crippen LogP) is 4.64. The van der Waals surface area contributed by atoms with Gasteiger partial charge in [0.2, 0.25) is 5.78 Å². The number of methoxy groups -OCH3 is 1. The fraction of sp³-hybridized carbons (Fsp3) is 0.462. The molecule has 1 aliphatic heterocycles. The highest BCUT2D eigenvalue weighted by Crippen LogP contribution is 2.41. The Balaban J connectivity index is 2.03. The second kappa shape index (κ2) is 11.2. The van der Waals surface area contributed by atoms with Crippen LogP contribution in [0.15, 0.2) is 46.1 Å². The Bertz CT molecular complexity index is 1050. The number of ketones is 1. The van der Waals surface area contributed by atoms with Gasteiger partial charge in [0.15, 0.2) is 23.0 Å². The summed E-state index contributed by atoms with van der Waals surface area (Å²) in [5, 5.41) is 10.7. The van der Waals surface area contributed by atoms with Crippen molar-refractivity contribution >= 4 is 11.7 Å². The molecule has 0 saturated carbocycles. The first kappa shape index (κ1) is 25.4. The zero-order valence-electron chi connectivity index (χ0n) is 20.4. The van der Waals surface area contributed by atoms with E-state index in [2.05, 4.69) is 13.8 Å². The fourth-order valence-electron chi connectivity index (χ4n) is 3.83. The quantitative estimate of drug-likeness (QED) is 0.451. The van der Waals surface area contributed by atoms with Gasteiger partial charge in [-0.1, -0.05) is 19.9 Å². The fourth-order valence-corrected chi connectivity index (χ4v) is 3.83. The molecule has 0 saturated heterocycles. The van der Waals surface area contributed by atoms with Gasteiger partial charge in [-0.15, -0.1) is 0 Å². The summed E-state index contributed by atoms with van der Waals surface area (Å²) in [6.07, 6.45) is 0.896. The third kappa shape index (κ3) is 5.44. The molecule has 34 heavy (non-hydrogen) atoms. The van der Waals surface area contributed by atoms with E-state index in [-0.39, 0.29) is 24.5 Å². The molecule has 1 aromatic heterocycles. The topological polar surface area (TPSA) is 98.4 Å². The molecule has 8 heteroatoms. The van der Waals surface area contributed by atoms with E-state index in [4.69, 9.17) is 18.6 Å². The van der Waals surface area contributed by atoms with Crippen molar-refractivity contribution in [2.45, 2.75) is 40.2 Å². The molecule has 2 heterocycles. The monoisotopic (exact) mass is 471 g/mol. The van der Waals surface area contributed by atoms with Crippen molar-refractivity contribution < 1.29 is 33.3 Å². The maximum Gasteiger partial charge on any atom is 0.290 e. The molecule has 3 rings (SSSR count). The minimum absolute atomic E-state index is 0.0358. The van der Waals surface area contributed by atoms with Crippen LogP contribution in [0.25, 0.3) is 0 Å². The summed E-state index contributed by atoms with van der Waals surface area (Å²) in [7, 11) is 1.52. The van der Waals surface area contributed by atoms with Crippen molar-refractivity contribution in [3.8, 4) is 11.5 Å². The average Bonchev–Trinajstić information content (AvgIpc) is 3.34. The highest BCUT2D eigenvalue weighted by molar-refractivity contribution is 6.15. The number of aryl methyl sites for hydroxylation is 1. The minimum Gasteiger partial charge on any atom is -0.503 e. The SMILES string of the molecule is CCOc1cc(C2C(C(=O)c3ccc(C)o3)=C(O)C(=O)N2CCOC)ccc1OCCC(C)C.